The van der Waals surface area contributed by atoms with Crippen LogP contribution in [0.3, 0.4) is 0 Å². The molecule has 0 heterocycles. The van der Waals surface area contributed by atoms with E-state index in [2.05, 4.69) is 5.32 Å². The zero-order valence-corrected chi connectivity index (χ0v) is 13.0. The summed E-state index contributed by atoms with van der Waals surface area (Å²) in [6.45, 7) is 7.15. The van der Waals surface area contributed by atoms with Gasteiger partial charge in [0.1, 0.15) is 6.04 Å². The van der Waals surface area contributed by atoms with Gasteiger partial charge in [-0.25, -0.2) is 4.79 Å². The van der Waals surface area contributed by atoms with Crippen molar-refractivity contribution in [2.24, 2.45) is 0 Å². The molecule has 0 aromatic heterocycles. The molecular weight excluding hydrogens is 288 g/mol. The molecule has 1 atom stereocenters. The smallest absolute Gasteiger partial charge is 0.326 e. The van der Waals surface area contributed by atoms with Crippen LogP contribution in [-0.2, 0) is 10.2 Å². The van der Waals surface area contributed by atoms with Gasteiger partial charge in [0.15, 0.2) is 0 Å². The average molecular weight is 308 g/mol. The van der Waals surface area contributed by atoms with Crippen LogP contribution in [0, 0.1) is 10.1 Å². The van der Waals surface area contributed by atoms with Crippen molar-refractivity contribution in [1.29, 1.82) is 0 Å². The molecule has 0 saturated heterocycles. The predicted octanol–water partition coefficient (Wildman–Crippen LogP) is 2.49. The molecule has 7 heteroatoms. The van der Waals surface area contributed by atoms with Crippen molar-refractivity contribution in [3.8, 4) is 0 Å². The number of carbonyl (C=O) groups is 2. The Kier molecular flexibility index (Phi) is 5.24. The molecule has 0 saturated carbocycles. The molecule has 1 unspecified atom stereocenters. The largest absolute Gasteiger partial charge is 0.480 e. The van der Waals surface area contributed by atoms with Crippen molar-refractivity contribution in [2.45, 2.75) is 45.6 Å². The summed E-state index contributed by atoms with van der Waals surface area (Å²) in [4.78, 5) is 33.7. The minimum absolute atomic E-state index is 0.0689. The molecule has 0 spiro atoms. The summed E-state index contributed by atoms with van der Waals surface area (Å²) in [6.07, 6.45) is 0.225. The van der Waals surface area contributed by atoms with E-state index < -0.39 is 28.3 Å². The number of rotatable bonds is 5. The highest BCUT2D eigenvalue weighted by Crippen LogP contribution is 2.31. The van der Waals surface area contributed by atoms with Gasteiger partial charge < -0.3 is 10.4 Å². The molecule has 0 aliphatic rings. The second-order valence-electron chi connectivity index (χ2n) is 6.01. The molecule has 22 heavy (non-hydrogen) atoms. The summed E-state index contributed by atoms with van der Waals surface area (Å²) >= 11 is 0. The number of nitrogens with one attached hydrogen (secondary N) is 1. The van der Waals surface area contributed by atoms with Crippen LogP contribution in [0.5, 0.6) is 0 Å². The number of nitrogens with zero attached hydrogens (tertiary/aromatic N) is 1. The van der Waals surface area contributed by atoms with Crippen LogP contribution in [-0.4, -0.2) is 27.9 Å². The lowest BCUT2D eigenvalue weighted by atomic mass is 9.85. The van der Waals surface area contributed by atoms with Gasteiger partial charge in [0.2, 0.25) is 0 Å². The van der Waals surface area contributed by atoms with Gasteiger partial charge in [0, 0.05) is 17.2 Å². The van der Waals surface area contributed by atoms with Crippen LogP contribution in [0.4, 0.5) is 5.69 Å². The number of benzene rings is 1. The highest BCUT2D eigenvalue weighted by molar-refractivity contribution is 5.97. The Labute approximate surface area is 128 Å². The fourth-order valence-electron chi connectivity index (χ4n) is 2.04. The lowest BCUT2D eigenvalue weighted by molar-refractivity contribution is -0.386. The second kappa shape index (κ2) is 6.55. The molecule has 0 bridgehead atoms. The maximum atomic E-state index is 12.1. The van der Waals surface area contributed by atoms with Gasteiger partial charge in [-0.05, 0) is 17.9 Å². The topological polar surface area (TPSA) is 110 Å². The van der Waals surface area contributed by atoms with Gasteiger partial charge in [-0.3, -0.25) is 14.9 Å². The third-order valence-corrected chi connectivity index (χ3v) is 3.28. The number of aliphatic carboxylic acids is 1. The molecule has 0 fully saturated rings. The van der Waals surface area contributed by atoms with Gasteiger partial charge in [-0.1, -0.05) is 33.8 Å². The lowest BCUT2D eigenvalue weighted by Crippen LogP contribution is -2.40. The number of carboxylic acids is 1. The van der Waals surface area contributed by atoms with Gasteiger partial charge in [0.05, 0.1) is 4.92 Å². The number of amides is 1. The van der Waals surface area contributed by atoms with E-state index in [0.29, 0.717) is 5.56 Å². The van der Waals surface area contributed by atoms with Crippen molar-refractivity contribution in [1.82, 2.24) is 5.32 Å². The lowest BCUT2D eigenvalue weighted by Gasteiger charge is -2.19. The van der Waals surface area contributed by atoms with Crippen LogP contribution in [0.1, 0.15) is 50.0 Å². The van der Waals surface area contributed by atoms with E-state index in [-0.39, 0.29) is 17.7 Å². The highest BCUT2D eigenvalue weighted by Gasteiger charge is 2.27. The van der Waals surface area contributed by atoms with Crippen molar-refractivity contribution < 1.29 is 19.6 Å². The summed E-state index contributed by atoms with van der Waals surface area (Å²) in [5, 5.41) is 22.5. The predicted molar refractivity (Wildman–Crippen MR) is 81.0 cm³/mol. The van der Waals surface area contributed by atoms with E-state index in [9.17, 15) is 19.7 Å². The SMILES string of the molecule is CCC(NC(=O)c1ccc(C(C)(C)C)c([N+](=O)[O-])c1)C(=O)O. The van der Waals surface area contributed by atoms with E-state index >= 15 is 0 Å². The van der Waals surface area contributed by atoms with Gasteiger partial charge in [-0.2, -0.15) is 0 Å². The van der Waals surface area contributed by atoms with Crippen molar-refractivity contribution in [2.75, 3.05) is 0 Å². The first-order valence-corrected chi connectivity index (χ1v) is 6.90. The first kappa shape index (κ1) is 17.6. The van der Waals surface area contributed by atoms with E-state index in [1.165, 1.54) is 18.2 Å². The summed E-state index contributed by atoms with van der Waals surface area (Å²) in [7, 11) is 0. The molecule has 0 aliphatic heterocycles. The van der Waals surface area contributed by atoms with Crippen LogP contribution in [0.2, 0.25) is 0 Å². The minimum Gasteiger partial charge on any atom is -0.480 e. The number of hydrogen-bond donors (Lipinski definition) is 2. The number of hydrogen-bond acceptors (Lipinski definition) is 4. The number of nitro groups is 1. The van der Waals surface area contributed by atoms with Crippen LogP contribution < -0.4 is 5.32 Å². The number of carbonyl (C=O) groups excluding carboxylic acids is 1. The van der Waals surface area contributed by atoms with E-state index in [1.54, 1.807) is 6.92 Å². The van der Waals surface area contributed by atoms with E-state index in [0.717, 1.165) is 0 Å². The Balaban J connectivity index is 3.17. The summed E-state index contributed by atoms with van der Waals surface area (Å²) in [5.74, 6) is -1.78. The van der Waals surface area contributed by atoms with E-state index in [1.807, 2.05) is 20.8 Å². The summed E-state index contributed by atoms with van der Waals surface area (Å²) in [5.41, 5.74) is -0.00741. The molecule has 1 amide bonds. The zero-order valence-electron chi connectivity index (χ0n) is 13.0. The number of carboxylic acid groups (broad SMARTS) is 1. The Morgan fingerprint density at radius 2 is 1.95 bits per heavy atom. The van der Waals surface area contributed by atoms with Crippen LogP contribution >= 0.6 is 0 Å². The fraction of sp³-hybridized carbons (Fsp3) is 0.467. The van der Waals surface area contributed by atoms with Gasteiger partial charge in [-0.15, -0.1) is 0 Å². The Morgan fingerprint density at radius 1 is 1.36 bits per heavy atom. The minimum atomic E-state index is -1.14. The quantitative estimate of drug-likeness (QED) is 0.641. The van der Waals surface area contributed by atoms with Crippen LogP contribution in [0.15, 0.2) is 18.2 Å². The molecule has 7 nitrogen and oxygen atoms in total. The molecule has 2 N–H and O–H groups in total. The first-order valence-electron chi connectivity index (χ1n) is 6.90. The van der Waals surface area contributed by atoms with Gasteiger partial charge >= 0.3 is 5.97 Å². The maximum Gasteiger partial charge on any atom is 0.326 e. The average Bonchev–Trinajstić information content (AvgIpc) is 2.42. The summed E-state index contributed by atoms with van der Waals surface area (Å²) in [6, 6.07) is 3.17. The molecule has 1 aromatic carbocycles. The Hall–Kier alpha value is -2.44. The van der Waals surface area contributed by atoms with Crippen molar-refractivity contribution in [3.05, 3.63) is 39.4 Å². The standard InChI is InChI=1S/C15H20N2O5/c1-5-11(14(19)20)16-13(18)9-6-7-10(15(2,3)4)12(8-9)17(21)22/h6-8,11H,5H2,1-4H3,(H,16,18)(H,19,20). The molecule has 120 valence electrons. The Bertz CT molecular complexity index is 604. The van der Waals surface area contributed by atoms with E-state index in [4.69, 9.17) is 5.11 Å². The zero-order chi connectivity index (χ0) is 17.1. The third-order valence-electron chi connectivity index (χ3n) is 3.28. The highest BCUT2D eigenvalue weighted by atomic mass is 16.6. The molecule has 0 aliphatic carbocycles. The van der Waals surface area contributed by atoms with Crippen molar-refractivity contribution >= 4 is 17.6 Å². The molecule has 1 rings (SSSR count). The van der Waals surface area contributed by atoms with Crippen LogP contribution in [0.25, 0.3) is 0 Å². The molecule has 0 radical (unpaired) electrons. The Morgan fingerprint density at radius 3 is 2.36 bits per heavy atom. The molecular formula is C15H20N2O5. The maximum absolute atomic E-state index is 12.1. The number of nitro benzene ring substituents is 1. The van der Waals surface area contributed by atoms with Crippen molar-refractivity contribution in [3.63, 3.8) is 0 Å². The first-order chi connectivity index (χ1) is 10.1. The summed E-state index contributed by atoms with van der Waals surface area (Å²) < 4.78 is 0. The normalized spacial score (nSPS) is 12.5. The second-order valence-corrected chi connectivity index (χ2v) is 6.01. The fourth-order valence-corrected chi connectivity index (χ4v) is 2.04. The molecule has 1 aromatic rings. The van der Waals surface area contributed by atoms with Gasteiger partial charge in [0.25, 0.3) is 11.6 Å². The monoisotopic (exact) mass is 308 g/mol. The third kappa shape index (κ3) is 4.03.